The van der Waals surface area contributed by atoms with Gasteiger partial charge in [-0.25, -0.2) is 4.39 Å². The van der Waals surface area contributed by atoms with E-state index >= 15 is 0 Å². The molecule has 8 heteroatoms. The number of fused-ring (bicyclic) bond motifs is 4. The lowest BCUT2D eigenvalue weighted by Crippen LogP contribution is -2.50. The first-order chi connectivity index (χ1) is 16.0. The van der Waals surface area contributed by atoms with Crippen molar-refractivity contribution in [2.24, 2.45) is 5.92 Å². The number of hydrogen-bond donors (Lipinski definition) is 1. The van der Waals surface area contributed by atoms with Gasteiger partial charge in [0, 0.05) is 37.3 Å². The minimum absolute atomic E-state index is 0.0284. The second-order valence-electron chi connectivity index (χ2n) is 8.45. The fraction of sp³-hybridized carbons (Fsp3) is 0.240. The van der Waals surface area contributed by atoms with Crippen molar-refractivity contribution in [2.75, 3.05) is 13.1 Å². The summed E-state index contributed by atoms with van der Waals surface area (Å²) in [5, 5.41) is 2.64. The zero-order valence-electron chi connectivity index (χ0n) is 17.7. The highest BCUT2D eigenvalue weighted by Gasteiger charge is 2.37. The van der Waals surface area contributed by atoms with Crippen LogP contribution in [0.25, 0.3) is 6.08 Å². The fourth-order valence-corrected chi connectivity index (χ4v) is 4.74. The van der Waals surface area contributed by atoms with E-state index in [0.29, 0.717) is 25.2 Å². The lowest BCUT2D eigenvalue weighted by atomic mass is 9.83. The molecule has 2 amide bonds. The van der Waals surface area contributed by atoms with Crippen molar-refractivity contribution in [1.82, 2.24) is 14.8 Å². The summed E-state index contributed by atoms with van der Waals surface area (Å²) in [4.78, 5) is 40.2. The van der Waals surface area contributed by atoms with E-state index in [9.17, 15) is 18.8 Å². The number of aromatic nitrogens is 1. The van der Waals surface area contributed by atoms with E-state index in [1.807, 2.05) is 6.07 Å². The number of likely N-dealkylation sites (tertiary alicyclic amines) is 1. The summed E-state index contributed by atoms with van der Waals surface area (Å²) in [6.07, 6.45) is 3.74. The standard InChI is InChI=1S/C25H22FN3O4/c26-19-5-1-4-16(11-19)12-20(27-24(31)22-7-3-9-33-22)25(32)28-13-17-10-18(15-28)21-6-2-8-23(30)29(21)14-17/h1-9,11-12,17-18H,10,13-15H2,(H,27,31)/b20-12-/t17-,18+/m1/s1. The van der Waals surface area contributed by atoms with Crippen molar-refractivity contribution in [2.45, 2.75) is 18.9 Å². The predicted octanol–water partition coefficient (Wildman–Crippen LogP) is 3.00. The molecule has 4 heterocycles. The third-order valence-electron chi connectivity index (χ3n) is 6.15. The van der Waals surface area contributed by atoms with E-state index in [4.69, 9.17) is 4.42 Å². The highest BCUT2D eigenvalue weighted by Crippen LogP contribution is 2.35. The summed E-state index contributed by atoms with van der Waals surface area (Å²) in [5.41, 5.74) is 1.38. The molecule has 0 radical (unpaired) electrons. The molecule has 1 N–H and O–H groups in total. The zero-order valence-corrected chi connectivity index (χ0v) is 17.7. The quantitative estimate of drug-likeness (QED) is 0.624. The van der Waals surface area contributed by atoms with Gasteiger partial charge < -0.3 is 19.2 Å². The molecule has 33 heavy (non-hydrogen) atoms. The number of carbonyl (C=O) groups excluding carboxylic acids is 2. The van der Waals surface area contributed by atoms with E-state index in [1.54, 1.807) is 33.7 Å². The number of nitrogens with zero attached hydrogens (tertiary/aromatic N) is 2. The van der Waals surface area contributed by atoms with E-state index < -0.39 is 11.7 Å². The van der Waals surface area contributed by atoms with Gasteiger partial charge in [-0.2, -0.15) is 0 Å². The predicted molar refractivity (Wildman–Crippen MR) is 119 cm³/mol. The second kappa shape index (κ2) is 8.54. The third-order valence-corrected chi connectivity index (χ3v) is 6.15. The largest absolute Gasteiger partial charge is 0.459 e. The maximum Gasteiger partial charge on any atom is 0.291 e. The lowest BCUT2D eigenvalue weighted by molar-refractivity contribution is -0.130. The molecule has 0 saturated carbocycles. The number of furan rings is 1. The van der Waals surface area contributed by atoms with Gasteiger partial charge in [-0.1, -0.05) is 18.2 Å². The molecular formula is C25H22FN3O4. The van der Waals surface area contributed by atoms with Gasteiger partial charge in [0.05, 0.1) is 6.26 Å². The average molecular weight is 447 g/mol. The van der Waals surface area contributed by atoms with Crippen LogP contribution in [0.1, 0.15) is 34.2 Å². The van der Waals surface area contributed by atoms with Crippen molar-refractivity contribution in [3.63, 3.8) is 0 Å². The minimum Gasteiger partial charge on any atom is -0.459 e. The molecule has 0 unspecified atom stereocenters. The van der Waals surface area contributed by atoms with E-state index in [1.165, 1.54) is 36.6 Å². The smallest absolute Gasteiger partial charge is 0.291 e. The van der Waals surface area contributed by atoms with Crippen LogP contribution in [0.5, 0.6) is 0 Å². The molecule has 0 aliphatic carbocycles. The van der Waals surface area contributed by atoms with Crippen LogP contribution in [0.3, 0.4) is 0 Å². The number of piperidine rings is 1. The SMILES string of the molecule is O=C(N/C(=C\c1cccc(F)c1)C(=O)N1C[C@H]2C[C@@H](C1)c1cccc(=O)n1C2)c1ccco1. The van der Waals surface area contributed by atoms with Crippen LogP contribution >= 0.6 is 0 Å². The monoisotopic (exact) mass is 447 g/mol. The Balaban J connectivity index is 1.44. The number of rotatable bonds is 4. The number of benzene rings is 1. The fourth-order valence-electron chi connectivity index (χ4n) is 4.74. The Hall–Kier alpha value is -3.94. The van der Waals surface area contributed by atoms with Crippen LogP contribution in [0, 0.1) is 11.7 Å². The Morgan fingerprint density at radius 3 is 2.70 bits per heavy atom. The first-order valence-corrected chi connectivity index (χ1v) is 10.8. The Morgan fingerprint density at radius 2 is 1.91 bits per heavy atom. The maximum atomic E-state index is 13.7. The molecular weight excluding hydrogens is 425 g/mol. The molecule has 7 nitrogen and oxygen atoms in total. The molecule has 168 valence electrons. The Labute approximate surface area is 189 Å². The van der Waals surface area contributed by atoms with Crippen molar-refractivity contribution < 1.29 is 18.4 Å². The third kappa shape index (κ3) is 4.24. The van der Waals surface area contributed by atoms with Crippen molar-refractivity contribution in [1.29, 1.82) is 0 Å². The van der Waals surface area contributed by atoms with Gasteiger partial charge in [-0.05, 0) is 54.3 Å². The Bertz CT molecular complexity index is 1290. The van der Waals surface area contributed by atoms with Gasteiger partial charge in [0.2, 0.25) is 0 Å². The maximum absolute atomic E-state index is 13.7. The highest BCUT2D eigenvalue weighted by molar-refractivity contribution is 6.04. The minimum atomic E-state index is -0.565. The van der Waals surface area contributed by atoms with Gasteiger partial charge in [-0.3, -0.25) is 14.4 Å². The second-order valence-corrected chi connectivity index (χ2v) is 8.45. The molecule has 2 aliphatic heterocycles. The first kappa shape index (κ1) is 20.9. The molecule has 5 rings (SSSR count). The van der Waals surface area contributed by atoms with E-state index in [-0.39, 0.29) is 34.8 Å². The number of halogens is 1. The van der Waals surface area contributed by atoms with Crippen molar-refractivity contribution >= 4 is 17.9 Å². The van der Waals surface area contributed by atoms with Crippen LogP contribution in [-0.2, 0) is 11.3 Å². The molecule has 2 atom stereocenters. The average Bonchev–Trinajstić information content (AvgIpc) is 3.34. The van der Waals surface area contributed by atoms with Crippen LogP contribution in [-0.4, -0.2) is 34.4 Å². The first-order valence-electron chi connectivity index (χ1n) is 10.8. The molecule has 1 fully saturated rings. The van der Waals surface area contributed by atoms with Crippen LogP contribution < -0.4 is 10.9 Å². The molecule has 1 aromatic carbocycles. The molecule has 2 bridgehead atoms. The van der Waals surface area contributed by atoms with Gasteiger partial charge in [0.1, 0.15) is 11.5 Å². The summed E-state index contributed by atoms with van der Waals surface area (Å²) in [7, 11) is 0. The van der Waals surface area contributed by atoms with Gasteiger partial charge >= 0.3 is 0 Å². The molecule has 0 spiro atoms. The number of carbonyl (C=O) groups is 2. The van der Waals surface area contributed by atoms with Gasteiger partial charge in [-0.15, -0.1) is 0 Å². The van der Waals surface area contributed by atoms with Crippen LogP contribution in [0.15, 0.2) is 75.8 Å². The molecule has 1 saturated heterocycles. The van der Waals surface area contributed by atoms with E-state index in [2.05, 4.69) is 5.32 Å². The number of nitrogens with one attached hydrogen (secondary N) is 1. The lowest BCUT2D eigenvalue weighted by Gasteiger charge is -2.42. The number of pyridine rings is 1. The summed E-state index contributed by atoms with van der Waals surface area (Å²) >= 11 is 0. The normalized spacial score (nSPS) is 19.7. The summed E-state index contributed by atoms with van der Waals surface area (Å²) in [6, 6.07) is 14.1. The molecule has 2 aromatic heterocycles. The summed E-state index contributed by atoms with van der Waals surface area (Å²) in [6.45, 7) is 1.44. The van der Waals surface area contributed by atoms with Gasteiger partial charge in [0.15, 0.2) is 5.76 Å². The van der Waals surface area contributed by atoms with E-state index in [0.717, 1.165) is 12.1 Å². The van der Waals surface area contributed by atoms with Crippen molar-refractivity contribution in [3.05, 3.63) is 99.7 Å². The van der Waals surface area contributed by atoms with Crippen LogP contribution in [0.2, 0.25) is 0 Å². The summed E-state index contributed by atoms with van der Waals surface area (Å²) < 4.78 is 20.7. The van der Waals surface area contributed by atoms with Crippen molar-refractivity contribution in [3.8, 4) is 0 Å². The molecule has 3 aromatic rings. The Morgan fingerprint density at radius 1 is 1.06 bits per heavy atom. The highest BCUT2D eigenvalue weighted by atomic mass is 19.1. The Kier molecular flexibility index (Phi) is 5.42. The molecule has 2 aliphatic rings. The zero-order chi connectivity index (χ0) is 22.9. The summed E-state index contributed by atoms with van der Waals surface area (Å²) in [5.74, 6) is -1.13. The van der Waals surface area contributed by atoms with Gasteiger partial charge in [0.25, 0.3) is 17.4 Å². The number of amides is 2. The van der Waals surface area contributed by atoms with Crippen LogP contribution in [0.4, 0.5) is 4.39 Å². The number of hydrogen-bond acceptors (Lipinski definition) is 4. The topological polar surface area (TPSA) is 84.5 Å².